The molecule has 2 rings (SSSR count). The molecular formula is C11H11N5O3. The summed E-state index contributed by atoms with van der Waals surface area (Å²) >= 11 is 0. The minimum Gasteiger partial charge on any atom is -0.397 e. The van der Waals surface area contributed by atoms with Crippen molar-refractivity contribution in [3.63, 3.8) is 0 Å². The van der Waals surface area contributed by atoms with E-state index in [1.165, 1.54) is 18.3 Å². The van der Waals surface area contributed by atoms with Gasteiger partial charge in [-0.2, -0.15) is 0 Å². The highest BCUT2D eigenvalue weighted by molar-refractivity contribution is 5.60. The molecule has 0 saturated carbocycles. The van der Waals surface area contributed by atoms with E-state index in [-0.39, 0.29) is 17.5 Å². The number of rotatable bonds is 4. The van der Waals surface area contributed by atoms with Gasteiger partial charge in [-0.05, 0) is 6.07 Å². The maximum Gasteiger partial charge on any atom is 0.433 e. The summed E-state index contributed by atoms with van der Waals surface area (Å²) in [6, 6.07) is 4.34. The molecule has 0 radical (unpaired) electrons. The van der Waals surface area contributed by atoms with Crippen LogP contribution in [-0.4, -0.2) is 40.2 Å². The molecule has 2 aromatic rings. The van der Waals surface area contributed by atoms with E-state index < -0.39 is 4.92 Å². The molecule has 0 aromatic carbocycles. The van der Waals surface area contributed by atoms with Gasteiger partial charge in [0.25, 0.3) is 0 Å². The third-order valence-corrected chi connectivity index (χ3v) is 2.05. The lowest BCUT2D eigenvalue weighted by molar-refractivity contribution is -0.401. The zero-order valence-electron chi connectivity index (χ0n) is 10.3. The molecule has 0 fully saturated rings. The molecule has 2 aromatic heterocycles. The molecule has 8 heteroatoms. The monoisotopic (exact) mass is 261 g/mol. The molecule has 19 heavy (non-hydrogen) atoms. The zero-order valence-corrected chi connectivity index (χ0v) is 10.3. The maximum atomic E-state index is 10.5. The van der Waals surface area contributed by atoms with Crippen LogP contribution >= 0.6 is 0 Å². The van der Waals surface area contributed by atoms with Crippen LogP contribution in [0, 0.1) is 10.1 Å². The SMILES string of the molecule is CN(C)/C=N/c1ccnc(-c2ccc([N+](=O)[O-])o2)n1. The first-order valence-corrected chi connectivity index (χ1v) is 5.34. The Morgan fingerprint density at radius 3 is 2.84 bits per heavy atom. The molecule has 0 unspecified atom stereocenters. The van der Waals surface area contributed by atoms with E-state index in [0.717, 1.165) is 0 Å². The smallest absolute Gasteiger partial charge is 0.397 e. The van der Waals surface area contributed by atoms with Crippen LogP contribution in [0.25, 0.3) is 11.6 Å². The van der Waals surface area contributed by atoms with Gasteiger partial charge in [0.2, 0.25) is 0 Å². The second-order valence-electron chi connectivity index (χ2n) is 3.84. The summed E-state index contributed by atoms with van der Waals surface area (Å²) in [7, 11) is 3.67. The number of hydrogen-bond acceptors (Lipinski definition) is 6. The normalized spacial score (nSPS) is 10.8. The Morgan fingerprint density at radius 2 is 2.21 bits per heavy atom. The van der Waals surface area contributed by atoms with Crippen LogP contribution in [0.5, 0.6) is 0 Å². The van der Waals surface area contributed by atoms with Gasteiger partial charge in [-0.15, -0.1) is 0 Å². The predicted molar refractivity (Wildman–Crippen MR) is 68.2 cm³/mol. The van der Waals surface area contributed by atoms with Crippen LogP contribution in [0.15, 0.2) is 33.8 Å². The lowest BCUT2D eigenvalue weighted by Crippen LogP contribution is -2.07. The molecule has 2 heterocycles. The minimum atomic E-state index is -0.614. The molecule has 8 nitrogen and oxygen atoms in total. The van der Waals surface area contributed by atoms with E-state index in [2.05, 4.69) is 15.0 Å². The van der Waals surface area contributed by atoms with E-state index in [1.807, 2.05) is 14.1 Å². The van der Waals surface area contributed by atoms with Crippen molar-refractivity contribution in [1.82, 2.24) is 14.9 Å². The third kappa shape index (κ3) is 3.12. The summed E-state index contributed by atoms with van der Waals surface area (Å²) in [5, 5.41) is 10.5. The fourth-order valence-corrected chi connectivity index (χ4v) is 1.26. The molecule has 0 aliphatic rings. The minimum absolute atomic E-state index is 0.230. The zero-order chi connectivity index (χ0) is 13.8. The lowest BCUT2D eigenvalue weighted by atomic mass is 10.4. The van der Waals surface area contributed by atoms with Crippen molar-refractivity contribution in [3.05, 3.63) is 34.5 Å². The van der Waals surface area contributed by atoms with E-state index in [4.69, 9.17) is 4.42 Å². The van der Waals surface area contributed by atoms with Crippen LogP contribution in [0.4, 0.5) is 11.7 Å². The van der Waals surface area contributed by atoms with E-state index in [1.54, 1.807) is 17.3 Å². The Bertz CT molecular complexity index is 620. The molecule has 0 aliphatic carbocycles. The Labute approximate surface area is 108 Å². The van der Waals surface area contributed by atoms with Crippen molar-refractivity contribution in [2.24, 2.45) is 4.99 Å². The Kier molecular flexibility index (Phi) is 3.51. The van der Waals surface area contributed by atoms with Crippen molar-refractivity contribution in [2.75, 3.05) is 14.1 Å². The van der Waals surface area contributed by atoms with Gasteiger partial charge in [0.15, 0.2) is 17.4 Å². The van der Waals surface area contributed by atoms with Crippen LogP contribution in [0.1, 0.15) is 0 Å². The summed E-state index contributed by atoms with van der Waals surface area (Å²) in [6.45, 7) is 0. The van der Waals surface area contributed by atoms with Crippen LogP contribution in [-0.2, 0) is 0 Å². The lowest BCUT2D eigenvalue weighted by Gasteiger charge is -2.02. The number of nitro groups is 1. The average Bonchev–Trinajstić information content (AvgIpc) is 2.86. The van der Waals surface area contributed by atoms with Gasteiger partial charge in [-0.25, -0.2) is 15.0 Å². The van der Waals surface area contributed by atoms with Crippen LogP contribution < -0.4 is 0 Å². The van der Waals surface area contributed by atoms with Gasteiger partial charge in [0.05, 0.1) is 12.4 Å². The number of furan rings is 1. The van der Waals surface area contributed by atoms with Gasteiger partial charge in [0.1, 0.15) is 4.92 Å². The largest absolute Gasteiger partial charge is 0.433 e. The summed E-state index contributed by atoms with van der Waals surface area (Å²) < 4.78 is 5.03. The number of aromatic nitrogens is 2. The Hall–Kier alpha value is -2.77. The van der Waals surface area contributed by atoms with Crippen molar-refractivity contribution in [3.8, 4) is 11.6 Å². The third-order valence-electron chi connectivity index (χ3n) is 2.05. The van der Waals surface area contributed by atoms with Crippen molar-refractivity contribution in [2.45, 2.75) is 0 Å². The first-order valence-electron chi connectivity index (χ1n) is 5.34. The van der Waals surface area contributed by atoms with Crippen molar-refractivity contribution >= 4 is 18.0 Å². The fraction of sp³-hybridized carbons (Fsp3) is 0.182. The highest BCUT2D eigenvalue weighted by atomic mass is 16.6. The van der Waals surface area contributed by atoms with E-state index in [9.17, 15) is 10.1 Å². The topological polar surface area (TPSA) is 97.7 Å². The summed E-state index contributed by atoms with van der Waals surface area (Å²) in [5.41, 5.74) is 0. The molecule has 0 N–H and O–H groups in total. The molecule has 0 saturated heterocycles. The summed E-state index contributed by atoms with van der Waals surface area (Å²) in [6.07, 6.45) is 3.11. The maximum absolute atomic E-state index is 10.5. The van der Waals surface area contributed by atoms with E-state index in [0.29, 0.717) is 5.82 Å². The molecule has 0 aliphatic heterocycles. The molecule has 98 valence electrons. The highest BCUT2D eigenvalue weighted by Gasteiger charge is 2.14. The van der Waals surface area contributed by atoms with Crippen molar-refractivity contribution in [1.29, 1.82) is 0 Å². The van der Waals surface area contributed by atoms with Gasteiger partial charge in [-0.1, -0.05) is 0 Å². The number of aliphatic imine (C=N–C) groups is 1. The Morgan fingerprint density at radius 1 is 1.42 bits per heavy atom. The van der Waals surface area contributed by atoms with Gasteiger partial charge >= 0.3 is 5.88 Å². The number of nitrogens with zero attached hydrogens (tertiary/aromatic N) is 5. The first kappa shape index (κ1) is 12.7. The van der Waals surface area contributed by atoms with Gasteiger partial charge < -0.3 is 9.32 Å². The van der Waals surface area contributed by atoms with Gasteiger partial charge in [0, 0.05) is 26.4 Å². The average molecular weight is 261 g/mol. The molecule has 0 amide bonds. The second-order valence-corrected chi connectivity index (χ2v) is 3.84. The standard InChI is InChI=1S/C11H11N5O3/c1-15(2)7-13-9-5-6-12-11(14-9)8-3-4-10(19-8)16(17)18/h3-7H,1-2H3/b13-7+. The fourth-order valence-electron chi connectivity index (χ4n) is 1.26. The summed E-state index contributed by atoms with van der Waals surface area (Å²) in [4.78, 5) is 23.9. The van der Waals surface area contributed by atoms with E-state index >= 15 is 0 Å². The van der Waals surface area contributed by atoms with Crippen LogP contribution in [0.3, 0.4) is 0 Å². The number of hydrogen-bond donors (Lipinski definition) is 0. The molecule has 0 atom stereocenters. The first-order chi connectivity index (χ1) is 9.06. The molecular weight excluding hydrogens is 250 g/mol. The van der Waals surface area contributed by atoms with Crippen LogP contribution in [0.2, 0.25) is 0 Å². The molecule has 0 bridgehead atoms. The quantitative estimate of drug-likeness (QED) is 0.360. The molecule has 0 spiro atoms. The second kappa shape index (κ2) is 5.25. The predicted octanol–water partition coefficient (Wildman–Crippen LogP) is 1.87. The Balaban J connectivity index is 2.29. The summed E-state index contributed by atoms with van der Waals surface area (Å²) in [5.74, 6) is 0.577. The highest BCUT2D eigenvalue weighted by Crippen LogP contribution is 2.24. The van der Waals surface area contributed by atoms with Gasteiger partial charge in [-0.3, -0.25) is 10.1 Å². The van der Waals surface area contributed by atoms with Crippen molar-refractivity contribution < 1.29 is 9.34 Å².